The lowest BCUT2D eigenvalue weighted by Gasteiger charge is -2.09. The summed E-state index contributed by atoms with van der Waals surface area (Å²) >= 11 is 0. The Labute approximate surface area is 96.5 Å². The third-order valence-electron chi connectivity index (χ3n) is 2.14. The smallest absolute Gasteiger partial charge is 0.243 e. The zero-order chi connectivity index (χ0) is 12.4. The van der Waals surface area contributed by atoms with Crippen molar-refractivity contribution in [2.75, 3.05) is 13.6 Å². The molecule has 2 amide bonds. The van der Waals surface area contributed by atoms with Gasteiger partial charge in [0.15, 0.2) is 0 Å². The average molecular weight is 227 g/mol. The Kier molecular flexibility index (Phi) is 8.15. The molecule has 4 N–H and O–H groups in total. The van der Waals surface area contributed by atoms with E-state index in [-0.39, 0.29) is 11.8 Å². The standard InChI is InChI=1S/C11H21N3O2/c1-3-6-10(15)14-8-5-4-7-9(12)11(16)13-2/h3,6,9H,4-5,7-8,12H2,1-2H3,(H,13,16)(H,14,15)/b6-3+. The van der Waals surface area contributed by atoms with Crippen molar-refractivity contribution in [3.63, 3.8) is 0 Å². The Morgan fingerprint density at radius 2 is 2.06 bits per heavy atom. The molecule has 0 fully saturated rings. The highest BCUT2D eigenvalue weighted by Crippen LogP contribution is 1.98. The summed E-state index contributed by atoms with van der Waals surface area (Å²) in [5, 5.41) is 5.23. The number of hydrogen-bond donors (Lipinski definition) is 3. The van der Waals surface area contributed by atoms with Gasteiger partial charge in [-0.05, 0) is 32.3 Å². The van der Waals surface area contributed by atoms with Crippen molar-refractivity contribution < 1.29 is 9.59 Å². The number of nitrogens with one attached hydrogen (secondary N) is 2. The third-order valence-corrected chi connectivity index (χ3v) is 2.14. The molecule has 0 aliphatic rings. The van der Waals surface area contributed by atoms with Gasteiger partial charge in [-0.2, -0.15) is 0 Å². The summed E-state index contributed by atoms with van der Waals surface area (Å²) in [5.41, 5.74) is 5.61. The van der Waals surface area contributed by atoms with E-state index >= 15 is 0 Å². The number of likely N-dealkylation sites (N-methyl/N-ethyl adjacent to an activating group) is 1. The summed E-state index contributed by atoms with van der Waals surface area (Å²) in [4.78, 5) is 22.1. The van der Waals surface area contributed by atoms with Crippen molar-refractivity contribution in [3.8, 4) is 0 Å². The topological polar surface area (TPSA) is 84.2 Å². The minimum Gasteiger partial charge on any atom is -0.358 e. The molecular formula is C11H21N3O2. The number of carbonyl (C=O) groups is 2. The van der Waals surface area contributed by atoms with Gasteiger partial charge >= 0.3 is 0 Å². The highest BCUT2D eigenvalue weighted by molar-refractivity contribution is 5.87. The predicted molar refractivity (Wildman–Crippen MR) is 63.7 cm³/mol. The normalized spacial score (nSPS) is 12.4. The van der Waals surface area contributed by atoms with Crippen LogP contribution in [0.4, 0.5) is 0 Å². The minimum absolute atomic E-state index is 0.0851. The Balaban J connectivity index is 3.47. The van der Waals surface area contributed by atoms with Crippen LogP contribution in [0.1, 0.15) is 26.2 Å². The van der Waals surface area contributed by atoms with E-state index in [4.69, 9.17) is 5.73 Å². The zero-order valence-corrected chi connectivity index (χ0v) is 9.95. The van der Waals surface area contributed by atoms with Gasteiger partial charge in [0.2, 0.25) is 11.8 Å². The average Bonchev–Trinajstić information content (AvgIpc) is 2.27. The first-order valence-corrected chi connectivity index (χ1v) is 5.49. The van der Waals surface area contributed by atoms with Crippen LogP contribution in [-0.4, -0.2) is 31.4 Å². The fraction of sp³-hybridized carbons (Fsp3) is 0.636. The Bertz CT molecular complexity index is 252. The zero-order valence-electron chi connectivity index (χ0n) is 9.95. The molecule has 0 spiro atoms. The largest absolute Gasteiger partial charge is 0.358 e. The molecule has 0 bridgehead atoms. The maximum absolute atomic E-state index is 11.1. The van der Waals surface area contributed by atoms with Crippen molar-refractivity contribution in [1.29, 1.82) is 0 Å². The quantitative estimate of drug-likeness (QED) is 0.420. The molecule has 0 radical (unpaired) electrons. The molecule has 0 aromatic heterocycles. The van der Waals surface area contributed by atoms with Crippen molar-refractivity contribution >= 4 is 11.8 Å². The van der Waals surface area contributed by atoms with Crippen molar-refractivity contribution in [2.24, 2.45) is 5.73 Å². The van der Waals surface area contributed by atoms with Gasteiger partial charge in [0.05, 0.1) is 6.04 Å². The highest BCUT2D eigenvalue weighted by atomic mass is 16.2. The molecule has 0 aromatic rings. The van der Waals surface area contributed by atoms with Crippen LogP contribution in [0.5, 0.6) is 0 Å². The summed E-state index contributed by atoms with van der Waals surface area (Å²) in [6, 6.07) is -0.448. The molecule has 0 saturated carbocycles. The molecule has 16 heavy (non-hydrogen) atoms. The SMILES string of the molecule is C/C=C/C(=O)NCCCCC(N)C(=O)NC. The summed E-state index contributed by atoms with van der Waals surface area (Å²) in [5.74, 6) is -0.226. The lowest BCUT2D eigenvalue weighted by molar-refractivity contribution is -0.122. The van der Waals surface area contributed by atoms with Crippen LogP contribution < -0.4 is 16.4 Å². The molecule has 0 aliphatic carbocycles. The van der Waals surface area contributed by atoms with Gasteiger partial charge in [-0.3, -0.25) is 9.59 Å². The minimum atomic E-state index is -0.448. The van der Waals surface area contributed by atoms with Crippen LogP contribution in [-0.2, 0) is 9.59 Å². The van der Waals surface area contributed by atoms with Crippen molar-refractivity contribution in [3.05, 3.63) is 12.2 Å². The second-order valence-electron chi connectivity index (χ2n) is 3.51. The fourth-order valence-corrected chi connectivity index (χ4v) is 1.23. The van der Waals surface area contributed by atoms with E-state index in [0.29, 0.717) is 13.0 Å². The molecule has 0 rings (SSSR count). The number of allylic oxidation sites excluding steroid dienone is 1. The number of nitrogens with two attached hydrogens (primary N) is 1. The van der Waals surface area contributed by atoms with Crippen LogP contribution in [0.25, 0.3) is 0 Å². The third kappa shape index (κ3) is 7.00. The summed E-state index contributed by atoms with van der Waals surface area (Å²) in [6.45, 7) is 2.41. The maximum Gasteiger partial charge on any atom is 0.243 e. The van der Waals surface area contributed by atoms with Gasteiger partial charge in [-0.1, -0.05) is 6.08 Å². The molecule has 5 heteroatoms. The lowest BCUT2D eigenvalue weighted by Crippen LogP contribution is -2.38. The number of amides is 2. The first-order chi connectivity index (χ1) is 7.61. The van der Waals surface area contributed by atoms with E-state index in [1.807, 2.05) is 0 Å². The Hall–Kier alpha value is -1.36. The van der Waals surface area contributed by atoms with Gasteiger partial charge in [-0.15, -0.1) is 0 Å². The second kappa shape index (κ2) is 8.91. The van der Waals surface area contributed by atoms with E-state index in [1.54, 1.807) is 20.0 Å². The van der Waals surface area contributed by atoms with Crippen LogP contribution in [0.2, 0.25) is 0 Å². The molecule has 0 heterocycles. The van der Waals surface area contributed by atoms with Gasteiger partial charge in [0.25, 0.3) is 0 Å². The molecular weight excluding hydrogens is 206 g/mol. The van der Waals surface area contributed by atoms with Gasteiger partial charge < -0.3 is 16.4 Å². The number of rotatable bonds is 7. The Morgan fingerprint density at radius 1 is 1.38 bits per heavy atom. The fourth-order valence-electron chi connectivity index (χ4n) is 1.23. The molecule has 92 valence electrons. The van der Waals surface area contributed by atoms with Crippen molar-refractivity contribution in [1.82, 2.24) is 10.6 Å². The number of carbonyl (C=O) groups excluding carboxylic acids is 2. The molecule has 5 nitrogen and oxygen atoms in total. The predicted octanol–water partition coefficient (Wildman–Crippen LogP) is -0.0777. The first kappa shape index (κ1) is 14.6. The molecule has 1 unspecified atom stereocenters. The monoisotopic (exact) mass is 227 g/mol. The van der Waals surface area contributed by atoms with Crippen molar-refractivity contribution in [2.45, 2.75) is 32.2 Å². The van der Waals surface area contributed by atoms with Gasteiger partial charge in [0, 0.05) is 13.6 Å². The van der Waals surface area contributed by atoms with Crippen LogP contribution >= 0.6 is 0 Å². The lowest BCUT2D eigenvalue weighted by atomic mass is 10.1. The number of hydrogen-bond acceptors (Lipinski definition) is 3. The second-order valence-corrected chi connectivity index (χ2v) is 3.51. The van der Waals surface area contributed by atoms with E-state index in [0.717, 1.165) is 12.8 Å². The van der Waals surface area contributed by atoms with E-state index in [1.165, 1.54) is 6.08 Å². The molecule has 0 aromatic carbocycles. The van der Waals surface area contributed by atoms with Gasteiger partial charge in [-0.25, -0.2) is 0 Å². The summed E-state index contributed by atoms with van der Waals surface area (Å²) < 4.78 is 0. The van der Waals surface area contributed by atoms with E-state index in [2.05, 4.69) is 10.6 Å². The van der Waals surface area contributed by atoms with Crippen LogP contribution in [0.3, 0.4) is 0 Å². The maximum atomic E-state index is 11.1. The molecule has 1 atom stereocenters. The van der Waals surface area contributed by atoms with E-state index in [9.17, 15) is 9.59 Å². The molecule has 0 aliphatic heterocycles. The van der Waals surface area contributed by atoms with Gasteiger partial charge in [0.1, 0.15) is 0 Å². The first-order valence-electron chi connectivity index (χ1n) is 5.49. The summed E-state index contributed by atoms with van der Waals surface area (Å²) in [7, 11) is 1.57. The highest BCUT2D eigenvalue weighted by Gasteiger charge is 2.09. The van der Waals surface area contributed by atoms with Crippen LogP contribution in [0, 0.1) is 0 Å². The molecule has 0 saturated heterocycles. The number of unbranched alkanes of at least 4 members (excludes halogenated alkanes) is 1. The Morgan fingerprint density at radius 3 is 2.62 bits per heavy atom. The van der Waals surface area contributed by atoms with E-state index < -0.39 is 6.04 Å². The van der Waals surface area contributed by atoms with Crippen LogP contribution in [0.15, 0.2) is 12.2 Å². The summed E-state index contributed by atoms with van der Waals surface area (Å²) in [6.07, 6.45) is 5.46.